The Balaban J connectivity index is 1.98. The molecule has 17 heavy (non-hydrogen) atoms. The Hall–Kier alpha value is -0.610. The summed E-state index contributed by atoms with van der Waals surface area (Å²) in [6.45, 7) is 3.99. The molecule has 0 radical (unpaired) electrons. The summed E-state index contributed by atoms with van der Waals surface area (Å²) in [6.07, 6.45) is 3.10. The summed E-state index contributed by atoms with van der Waals surface area (Å²) in [5.74, 6) is 0.945. The van der Waals surface area contributed by atoms with Crippen LogP contribution in [0.25, 0.3) is 0 Å². The first-order chi connectivity index (χ1) is 8.00. The third-order valence-corrected chi connectivity index (χ3v) is 4.43. The minimum absolute atomic E-state index is 0.0862. The topological polar surface area (TPSA) is 49.6 Å². The molecule has 2 aliphatic rings. The summed E-state index contributed by atoms with van der Waals surface area (Å²) in [4.78, 5) is 16.7. The number of hydrogen-bond donors (Lipinski definition) is 1. The zero-order valence-corrected chi connectivity index (χ0v) is 11.2. The zero-order valence-electron chi connectivity index (χ0n) is 11.2. The second-order valence-electron chi connectivity index (χ2n) is 5.95. The summed E-state index contributed by atoms with van der Waals surface area (Å²) >= 11 is 0. The van der Waals surface area contributed by atoms with Crippen LogP contribution in [0.15, 0.2) is 0 Å². The fraction of sp³-hybridized carbons (Fsp3) is 0.923. The van der Waals surface area contributed by atoms with E-state index in [2.05, 4.69) is 25.9 Å². The molecule has 1 aliphatic heterocycles. The van der Waals surface area contributed by atoms with Crippen LogP contribution in [0.1, 0.15) is 26.2 Å². The number of carbonyl (C=O) groups is 1. The van der Waals surface area contributed by atoms with Gasteiger partial charge in [-0.3, -0.25) is 4.79 Å². The van der Waals surface area contributed by atoms with Crippen molar-refractivity contribution in [2.24, 2.45) is 17.6 Å². The van der Waals surface area contributed by atoms with Crippen LogP contribution in [0.4, 0.5) is 0 Å². The number of rotatable bonds is 2. The summed E-state index contributed by atoms with van der Waals surface area (Å²) in [6, 6.07) is 0.591. The van der Waals surface area contributed by atoms with Crippen molar-refractivity contribution in [2.75, 3.05) is 27.2 Å². The molecule has 1 saturated carbocycles. The minimum atomic E-state index is 0.0862. The SMILES string of the molecule is CC1CN(C(=O)C2CCCC2N)CC1N(C)C. The predicted octanol–water partition coefficient (Wildman–Crippen LogP) is 0.522. The fourth-order valence-electron chi connectivity index (χ4n) is 3.33. The lowest BCUT2D eigenvalue weighted by Crippen LogP contribution is -2.42. The Kier molecular flexibility index (Phi) is 3.73. The molecule has 4 atom stereocenters. The van der Waals surface area contributed by atoms with Crippen molar-refractivity contribution in [1.29, 1.82) is 0 Å². The van der Waals surface area contributed by atoms with Gasteiger partial charge in [-0.25, -0.2) is 0 Å². The summed E-state index contributed by atoms with van der Waals surface area (Å²) in [5.41, 5.74) is 6.02. The molecule has 0 aromatic rings. The second kappa shape index (κ2) is 4.94. The molecule has 4 nitrogen and oxygen atoms in total. The maximum absolute atomic E-state index is 12.4. The number of likely N-dealkylation sites (tertiary alicyclic amines) is 1. The van der Waals surface area contributed by atoms with Gasteiger partial charge in [0.2, 0.25) is 5.91 Å². The average molecular weight is 239 g/mol. The van der Waals surface area contributed by atoms with E-state index in [0.717, 1.165) is 32.4 Å². The first-order valence-electron chi connectivity index (χ1n) is 6.71. The highest BCUT2D eigenvalue weighted by molar-refractivity contribution is 5.80. The van der Waals surface area contributed by atoms with Gasteiger partial charge in [0.05, 0.1) is 5.92 Å². The van der Waals surface area contributed by atoms with E-state index in [-0.39, 0.29) is 12.0 Å². The molecule has 1 heterocycles. The summed E-state index contributed by atoms with van der Waals surface area (Å²) in [5, 5.41) is 0. The van der Waals surface area contributed by atoms with Gasteiger partial charge in [0.1, 0.15) is 0 Å². The molecule has 0 aromatic heterocycles. The predicted molar refractivity (Wildman–Crippen MR) is 68.5 cm³/mol. The Labute approximate surface area is 104 Å². The molecule has 1 saturated heterocycles. The number of carbonyl (C=O) groups excluding carboxylic acids is 1. The van der Waals surface area contributed by atoms with E-state index in [1.807, 2.05) is 4.90 Å². The highest BCUT2D eigenvalue weighted by Crippen LogP contribution is 2.29. The molecule has 2 N–H and O–H groups in total. The standard InChI is InChI=1S/C13H25N3O/c1-9-7-16(8-12(9)15(2)3)13(17)10-5-4-6-11(10)14/h9-12H,4-8,14H2,1-3H3. The van der Waals surface area contributed by atoms with E-state index in [4.69, 9.17) is 5.73 Å². The lowest BCUT2D eigenvalue weighted by molar-refractivity contribution is -0.134. The quantitative estimate of drug-likeness (QED) is 0.764. The van der Waals surface area contributed by atoms with Crippen LogP contribution >= 0.6 is 0 Å². The molecule has 0 aromatic carbocycles. The van der Waals surface area contributed by atoms with Crippen molar-refractivity contribution in [3.63, 3.8) is 0 Å². The molecule has 1 amide bonds. The highest BCUT2D eigenvalue weighted by Gasteiger charge is 2.39. The van der Waals surface area contributed by atoms with Crippen LogP contribution in [-0.4, -0.2) is 55.0 Å². The molecule has 4 unspecified atom stereocenters. The third kappa shape index (κ3) is 2.47. The monoisotopic (exact) mass is 239 g/mol. The first-order valence-corrected chi connectivity index (χ1v) is 6.71. The number of amides is 1. The Morgan fingerprint density at radius 2 is 2.00 bits per heavy atom. The number of hydrogen-bond acceptors (Lipinski definition) is 3. The van der Waals surface area contributed by atoms with Gasteiger partial charge in [-0.1, -0.05) is 13.3 Å². The molecular weight excluding hydrogens is 214 g/mol. The van der Waals surface area contributed by atoms with Crippen LogP contribution in [0.5, 0.6) is 0 Å². The minimum Gasteiger partial charge on any atom is -0.340 e. The molecule has 1 aliphatic carbocycles. The van der Waals surface area contributed by atoms with Crippen molar-refractivity contribution in [3.05, 3.63) is 0 Å². The molecule has 2 rings (SSSR count). The van der Waals surface area contributed by atoms with Crippen molar-refractivity contribution < 1.29 is 4.79 Å². The van der Waals surface area contributed by atoms with Crippen LogP contribution in [-0.2, 0) is 4.79 Å². The van der Waals surface area contributed by atoms with Crippen LogP contribution < -0.4 is 5.73 Å². The van der Waals surface area contributed by atoms with Gasteiger partial charge in [-0.15, -0.1) is 0 Å². The largest absolute Gasteiger partial charge is 0.340 e. The maximum atomic E-state index is 12.4. The molecule has 0 bridgehead atoms. The van der Waals surface area contributed by atoms with Crippen molar-refractivity contribution in [2.45, 2.75) is 38.3 Å². The van der Waals surface area contributed by atoms with E-state index in [0.29, 0.717) is 17.9 Å². The Bertz CT molecular complexity index is 292. The van der Waals surface area contributed by atoms with Gasteiger partial charge in [0.25, 0.3) is 0 Å². The van der Waals surface area contributed by atoms with E-state index in [9.17, 15) is 4.79 Å². The van der Waals surface area contributed by atoms with Crippen LogP contribution in [0, 0.1) is 11.8 Å². The zero-order chi connectivity index (χ0) is 12.6. The maximum Gasteiger partial charge on any atom is 0.227 e. The van der Waals surface area contributed by atoms with Crippen LogP contribution in [0.2, 0.25) is 0 Å². The fourth-order valence-corrected chi connectivity index (χ4v) is 3.33. The van der Waals surface area contributed by atoms with E-state index in [1.54, 1.807) is 0 Å². The van der Waals surface area contributed by atoms with Crippen molar-refractivity contribution >= 4 is 5.91 Å². The van der Waals surface area contributed by atoms with Gasteiger partial charge in [0.15, 0.2) is 0 Å². The summed E-state index contributed by atoms with van der Waals surface area (Å²) < 4.78 is 0. The lowest BCUT2D eigenvalue weighted by atomic mass is 10.0. The van der Waals surface area contributed by atoms with Crippen molar-refractivity contribution in [3.8, 4) is 0 Å². The molecular formula is C13H25N3O. The van der Waals surface area contributed by atoms with Crippen molar-refractivity contribution in [1.82, 2.24) is 9.80 Å². The number of nitrogens with two attached hydrogens (primary N) is 1. The normalized spacial score (nSPS) is 38.1. The molecule has 4 heteroatoms. The van der Waals surface area contributed by atoms with Gasteiger partial charge in [0, 0.05) is 25.2 Å². The first kappa shape index (κ1) is 12.8. The third-order valence-electron chi connectivity index (χ3n) is 4.43. The smallest absolute Gasteiger partial charge is 0.227 e. The average Bonchev–Trinajstić information content (AvgIpc) is 2.83. The van der Waals surface area contributed by atoms with Gasteiger partial charge >= 0.3 is 0 Å². The molecule has 0 spiro atoms. The molecule has 98 valence electrons. The Morgan fingerprint density at radius 3 is 2.47 bits per heavy atom. The van der Waals surface area contributed by atoms with E-state index >= 15 is 0 Å². The second-order valence-corrected chi connectivity index (χ2v) is 5.95. The summed E-state index contributed by atoms with van der Waals surface area (Å²) in [7, 11) is 4.19. The number of likely N-dealkylation sites (N-methyl/N-ethyl adjacent to an activating group) is 1. The van der Waals surface area contributed by atoms with E-state index < -0.39 is 0 Å². The van der Waals surface area contributed by atoms with Gasteiger partial charge in [-0.2, -0.15) is 0 Å². The van der Waals surface area contributed by atoms with E-state index in [1.165, 1.54) is 0 Å². The Morgan fingerprint density at radius 1 is 1.29 bits per heavy atom. The van der Waals surface area contributed by atoms with Gasteiger partial charge < -0.3 is 15.5 Å². The number of nitrogens with zero attached hydrogens (tertiary/aromatic N) is 2. The van der Waals surface area contributed by atoms with Gasteiger partial charge in [-0.05, 0) is 32.9 Å². The van der Waals surface area contributed by atoms with Crippen LogP contribution in [0.3, 0.4) is 0 Å². The molecule has 2 fully saturated rings. The lowest BCUT2D eigenvalue weighted by Gasteiger charge is -2.24. The highest BCUT2D eigenvalue weighted by atomic mass is 16.2.